The maximum absolute atomic E-state index is 12.1. The van der Waals surface area contributed by atoms with Crippen molar-refractivity contribution in [2.75, 3.05) is 0 Å². The smallest absolute Gasteiger partial charge is 0.329 e. The van der Waals surface area contributed by atoms with Gasteiger partial charge in [-0.2, -0.15) is 0 Å². The summed E-state index contributed by atoms with van der Waals surface area (Å²) in [5.74, 6) is -1.54. The maximum Gasteiger partial charge on any atom is 0.329 e. The minimum atomic E-state index is -1.24. The van der Waals surface area contributed by atoms with E-state index in [-0.39, 0.29) is 11.5 Å². The van der Waals surface area contributed by atoms with Crippen molar-refractivity contribution < 1.29 is 14.7 Å². The number of carboxylic acid groups (broad SMARTS) is 1. The molecule has 0 radical (unpaired) electrons. The Labute approximate surface area is 120 Å². The number of hydrogen-bond donors (Lipinski definition) is 2. The Morgan fingerprint density at radius 3 is 2.21 bits per heavy atom. The van der Waals surface area contributed by atoms with Crippen molar-refractivity contribution in [2.45, 2.75) is 25.3 Å². The van der Waals surface area contributed by atoms with Crippen molar-refractivity contribution in [1.29, 1.82) is 0 Å². The van der Waals surface area contributed by atoms with Crippen LogP contribution < -0.4 is 5.32 Å². The number of aliphatic carboxylic acids is 1. The first-order chi connectivity index (χ1) is 8.83. The summed E-state index contributed by atoms with van der Waals surface area (Å²) in [6.07, 6.45) is 1.61. The van der Waals surface area contributed by atoms with Crippen LogP contribution in [0.2, 0.25) is 10.0 Å². The van der Waals surface area contributed by atoms with Crippen LogP contribution in [0, 0.1) is 5.92 Å². The van der Waals surface area contributed by atoms with Gasteiger partial charge in [-0.25, -0.2) is 4.79 Å². The summed E-state index contributed by atoms with van der Waals surface area (Å²) in [6.45, 7) is 1.52. The molecule has 0 aliphatic heterocycles. The molecule has 0 bridgehead atoms. The predicted molar refractivity (Wildman–Crippen MR) is 72.7 cm³/mol. The molecule has 1 aliphatic carbocycles. The number of amides is 1. The zero-order chi connectivity index (χ0) is 14.2. The second-order valence-corrected chi connectivity index (χ2v) is 5.77. The van der Waals surface area contributed by atoms with E-state index in [0.29, 0.717) is 10.0 Å². The van der Waals surface area contributed by atoms with Gasteiger partial charge in [0.15, 0.2) is 0 Å². The molecule has 1 unspecified atom stereocenters. The van der Waals surface area contributed by atoms with E-state index in [1.165, 1.54) is 25.1 Å². The molecule has 1 aromatic rings. The van der Waals surface area contributed by atoms with Crippen LogP contribution in [-0.4, -0.2) is 22.5 Å². The number of carboxylic acids is 1. The van der Waals surface area contributed by atoms with Gasteiger partial charge in [0.2, 0.25) is 0 Å². The number of hydrogen-bond acceptors (Lipinski definition) is 2. The molecule has 6 heteroatoms. The van der Waals surface area contributed by atoms with E-state index in [1.807, 2.05) is 0 Å². The van der Waals surface area contributed by atoms with Gasteiger partial charge in [0.25, 0.3) is 5.91 Å². The zero-order valence-electron chi connectivity index (χ0n) is 10.2. The van der Waals surface area contributed by atoms with Gasteiger partial charge in [0.1, 0.15) is 5.54 Å². The molecule has 0 spiro atoms. The summed E-state index contributed by atoms with van der Waals surface area (Å²) in [6, 6.07) is 4.42. The largest absolute Gasteiger partial charge is 0.480 e. The van der Waals surface area contributed by atoms with Gasteiger partial charge >= 0.3 is 5.97 Å². The molecule has 1 aromatic carbocycles. The molecule has 0 saturated heterocycles. The van der Waals surface area contributed by atoms with E-state index in [1.54, 1.807) is 0 Å². The van der Waals surface area contributed by atoms with E-state index < -0.39 is 17.4 Å². The van der Waals surface area contributed by atoms with Gasteiger partial charge in [-0.3, -0.25) is 4.79 Å². The van der Waals surface area contributed by atoms with Crippen molar-refractivity contribution >= 4 is 35.1 Å². The molecular formula is C13H13Cl2NO3. The lowest BCUT2D eigenvalue weighted by Crippen LogP contribution is -2.54. The SMILES string of the molecule is CC(NC(=O)c1cc(Cl)cc(Cl)c1)(C(=O)O)C1CC1. The Kier molecular flexibility index (Phi) is 3.74. The predicted octanol–water partition coefficient (Wildman–Crippen LogP) is 2.98. The molecule has 1 fully saturated rings. The first-order valence-corrected chi connectivity index (χ1v) is 6.60. The zero-order valence-corrected chi connectivity index (χ0v) is 11.8. The number of nitrogens with one attached hydrogen (secondary N) is 1. The highest BCUT2D eigenvalue weighted by molar-refractivity contribution is 6.35. The fourth-order valence-electron chi connectivity index (χ4n) is 1.98. The van der Waals surface area contributed by atoms with E-state index in [0.717, 1.165) is 12.8 Å². The summed E-state index contributed by atoms with van der Waals surface area (Å²) in [7, 11) is 0. The number of carbonyl (C=O) groups is 2. The van der Waals surface area contributed by atoms with Gasteiger partial charge in [-0.15, -0.1) is 0 Å². The molecular weight excluding hydrogens is 289 g/mol. The van der Waals surface area contributed by atoms with Crippen LogP contribution in [0.1, 0.15) is 30.1 Å². The topological polar surface area (TPSA) is 66.4 Å². The summed E-state index contributed by atoms with van der Waals surface area (Å²) in [5.41, 5.74) is -0.989. The van der Waals surface area contributed by atoms with Crippen LogP contribution in [-0.2, 0) is 4.79 Å². The van der Waals surface area contributed by atoms with E-state index >= 15 is 0 Å². The molecule has 19 heavy (non-hydrogen) atoms. The molecule has 0 heterocycles. The number of halogens is 2. The molecule has 1 amide bonds. The number of carbonyl (C=O) groups excluding carboxylic acids is 1. The molecule has 2 rings (SSSR count). The second kappa shape index (κ2) is 5.02. The fourth-order valence-corrected chi connectivity index (χ4v) is 2.51. The van der Waals surface area contributed by atoms with E-state index in [2.05, 4.69) is 5.32 Å². The lowest BCUT2D eigenvalue weighted by molar-refractivity contribution is -0.144. The average molecular weight is 302 g/mol. The first kappa shape index (κ1) is 14.2. The molecule has 1 aliphatic rings. The Morgan fingerprint density at radius 2 is 1.79 bits per heavy atom. The van der Waals surface area contributed by atoms with Crippen molar-refractivity contribution in [3.8, 4) is 0 Å². The third-order valence-corrected chi connectivity index (χ3v) is 3.77. The monoisotopic (exact) mass is 301 g/mol. The minimum absolute atomic E-state index is 0.0244. The highest BCUT2D eigenvalue weighted by atomic mass is 35.5. The molecule has 4 nitrogen and oxygen atoms in total. The maximum atomic E-state index is 12.1. The molecule has 1 saturated carbocycles. The third-order valence-electron chi connectivity index (χ3n) is 3.34. The van der Waals surface area contributed by atoms with Crippen molar-refractivity contribution in [2.24, 2.45) is 5.92 Å². The second-order valence-electron chi connectivity index (χ2n) is 4.89. The fraction of sp³-hybridized carbons (Fsp3) is 0.385. The first-order valence-electron chi connectivity index (χ1n) is 5.85. The van der Waals surface area contributed by atoms with Gasteiger partial charge in [0, 0.05) is 15.6 Å². The third kappa shape index (κ3) is 3.01. The van der Waals surface area contributed by atoms with Gasteiger partial charge in [-0.1, -0.05) is 23.2 Å². The summed E-state index contributed by atoms with van der Waals surface area (Å²) < 4.78 is 0. The van der Waals surface area contributed by atoms with Gasteiger partial charge in [0.05, 0.1) is 0 Å². The quantitative estimate of drug-likeness (QED) is 0.898. The Hall–Kier alpha value is -1.26. The highest BCUT2D eigenvalue weighted by Crippen LogP contribution is 2.40. The Balaban J connectivity index is 2.22. The average Bonchev–Trinajstić information content (AvgIpc) is 3.10. The summed E-state index contributed by atoms with van der Waals surface area (Å²) >= 11 is 11.6. The standard InChI is InChI=1S/C13H13Cl2NO3/c1-13(12(18)19,8-2-3-8)16-11(17)7-4-9(14)6-10(15)5-7/h4-6,8H,2-3H2,1H3,(H,16,17)(H,18,19). The molecule has 2 N–H and O–H groups in total. The van der Waals surface area contributed by atoms with Crippen molar-refractivity contribution in [3.05, 3.63) is 33.8 Å². The molecule has 0 aromatic heterocycles. The lowest BCUT2D eigenvalue weighted by atomic mass is 9.95. The normalized spacial score (nSPS) is 17.6. The number of benzene rings is 1. The van der Waals surface area contributed by atoms with Crippen LogP contribution in [0.3, 0.4) is 0 Å². The van der Waals surface area contributed by atoms with Crippen LogP contribution >= 0.6 is 23.2 Å². The van der Waals surface area contributed by atoms with E-state index in [9.17, 15) is 14.7 Å². The number of rotatable bonds is 4. The molecule has 1 atom stereocenters. The van der Waals surface area contributed by atoms with Crippen LogP contribution in [0.25, 0.3) is 0 Å². The van der Waals surface area contributed by atoms with Crippen molar-refractivity contribution in [1.82, 2.24) is 5.32 Å². The summed E-state index contributed by atoms with van der Waals surface area (Å²) in [5, 5.41) is 12.5. The summed E-state index contributed by atoms with van der Waals surface area (Å²) in [4.78, 5) is 23.4. The van der Waals surface area contributed by atoms with Gasteiger partial charge in [-0.05, 0) is 43.9 Å². The Bertz CT molecular complexity index is 522. The van der Waals surface area contributed by atoms with Crippen LogP contribution in [0.4, 0.5) is 0 Å². The lowest BCUT2D eigenvalue weighted by Gasteiger charge is -2.26. The highest BCUT2D eigenvalue weighted by Gasteiger charge is 2.48. The minimum Gasteiger partial charge on any atom is -0.480 e. The van der Waals surface area contributed by atoms with Gasteiger partial charge < -0.3 is 10.4 Å². The Morgan fingerprint density at radius 1 is 1.26 bits per heavy atom. The van der Waals surface area contributed by atoms with Crippen LogP contribution in [0.15, 0.2) is 18.2 Å². The molecule has 102 valence electrons. The van der Waals surface area contributed by atoms with Crippen LogP contribution in [0.5, 0.6) is 0 Å². The van der Waals surface area contributed by atoms with E-state index in [4.69, 9.17) is 23.2 Å². The van der Waals surface area contributed by atoms with Crippen molar-refractivity contribution in [3.63, 3.8) is 0 Å².